The number of carbonyl (C=O) groups is 3. The molecule has 25 heavy (non-hydrogen) atoms. The van der Waals surface area contributed by atoms with Crippen LogP contribution >= 0.6 is 0 Å². The maximum atomic E-state index is 12.7. The van der Waals surface area contributed by atoms with Crippen molar-refractivity contribution < 1.29 is 19.1 Å². The van der Waals surface area contributed by atoms with Gasteiger partial charge in [-0.05, 0) is 19.1 Å². The van der Waals surface area contributed by atoms with Crippen LogP contribution in [0.2, 0.25) is 0 Å². The van der Waals surface area contributed by atoms with E-state index in [0.717, 1.165) is 10.5 Å². The van der Waals surface area contributed by atoms with Crippen molar-refractivity contribution >= 4 is 17.7 Å². The molecular weight excluding hydrogens is 320 g/mol. The van der Waals surface area contributed by atoms with E-state index in [1.807, 2.05) is 30.3 Å². The fourth-order valence-corrected chi connectivity index (χ4v) is 3.33. The summed E-state index contributed by atoms with van der Waals surface area (Å²) in [5.41, 5.74) is 1.44. The Kier molecular flexibility index (Phi) is 3.62. The number of hydrogen-bond acceptors (Lipinski definition) is 4. The molecular formula is C19H16N2O4. The maximum Gasteiger partial charge on any atom is 0.262 e. The number of ether oxygens (including phenoxy) is 1. The molecule has 2 aliphatic rings. The van der Waals surface area contributed by atoms with Crippen LogP contribution in [0.3, 0.4) is 0 Å². The van der Waals surface area contributed by atoms with Gasteiger partial charge >= 0.3 is 0 Å². The van der Waals surface area contributed by atoms with Gasteiger partial charge in [0.25, 0.3) is 11.8 Å². The molecule has 2 aromatic rings. The molecule has 3 unspecified atom stereocenters. The van der Waals surface area contributed by atoms with E-state index in [1.54, 1.807) is 31.2 Å². The minimum atomic E-state index is -0.993. The molecule has 2 heterocycles. The second-order valence-corrected chi connectivity index (χ2v) is 6.11. The summed E-state index contributed by atoms with van der Waals surface area (Å²) in [4.78, 5) is 38.9. The van der Waals surface area contributed by atoms with Crippen LogP contribution < -0.4 is 5.32 Å². The van der Waals surface area contributed by atoms with E-state index in [0.29, 0.717) is 11.1 Å². The van der Waals surface area contributed by atoms with Crippen molar-refractivity contribution in [2.45, 2.75) is 25.3 Å². The number of amides is 3. The highest BCUT2D eigenvalue weighted by atomic mass is 16.5. The number of nitrogens with zero attached hydrogens (tertiary/aromatic N) is 1. The number of rotatable bonds is 2. The van der Waals surface area contributed by atoms with Gasteiger partial charge in [0.15, 0.2) is 6.23 Å². The fourth-order valence-electron chi connectivity index (χ4n) is 3.33. The first kappa shape index (κ1) is 15.5. The Morgan fingerprint density at radius 2 is 1.44 bits per heavy atom. The normalized spacial score (nSPS) is 25.7. The SMILES string of the molecule is CC1OC(c2ccccc2)NC(=O)C1N1C(=O)c2ccccc2C1=O. The Bertz CT molecular complexity index is 830. The minimum Gasteiger partial charge on any atom is -0.349 e. The van der Waals surface area contributed by atoms with Crippen molar-refractivity contribution in [1.29, 1.82) is 0 Å². The molecule has 0 radical (unpaired) electrons. The molecule has 0 spiro atoms. The van der Waals surface area contributed by atoms with Crippen LogP contribution in [0.25, 0.3) is 0 Å². The molecule has 4 rings (SSSR count). The monoisotopic (exact) mass is 336 g/mol. The van der Waals surface area contributed by atoms with E-state index >= 15 is 0 Å². The van der Waals surface area contributed by atoms with Gasteiger partial charge in [-0.3, -0.25) is 19.3 Å². The first-order valence-corrected chi connectivity index (χ1v) is 8.05. The van der Waals surface area contributed by atoms with Gasteiger partial charge in [0, 0.05) is 5.56 Å². The summed E-state index contributed by atoms with van der Waals surface area (Å²) in [5.74, 6) is -1.33. The zero-order chi connectivity index (χ0) is 17.6. The molecule has 0 bridgehead atoms. The second-order valence-electron chi connectivity index (χ2n) is 6.11. The van der Waals surface area contributed by atoms with Crippen molar-refractivity contribution in [1.82, 2.24) is 10.2 Å². The van der Waals surface area contributed by atoms with Crippen molar-refractivity contribution in [3.05, 3.63) is 71.3 Å². The van der Waals surface area contributed by atoms with Crippen molar-refractivity contribution in [2.75, 3.05) is 0 Å². The van der Waals surface area contributed by atoms with E-state index in [-0.39, 0.29) is 0 Å². The van der Waals surface area contributed by atoms with E-state index in [1.165, 1.54) is 0 Å². The summed E-state index contributed by atoms with van der Waals surface area (Å²) in [6.45, 7) is 1.70. The summed E-state index contributed by atoms with van der Waals surface area (Å²) in [6.07, 6.45) is -1.23. The van der Waals surface area contributed by atoms with Gasteiger partial charge in [0.1, 0.15) is 6.04 Å². The smallest absolute Gasteiger partial charge is 0.262 e. The van der Waals surface area contributed by atoms with Crippen molar-refractivity contribution in [3.8, 4) is 0 Å². The first-order valence-electron chi connectivity index (χ1n) is 8.05. The third kappa shape index (κ3) is 2.42. The van der Waals surface area contributed by atoms with Crippen LogP contribution in [-0.4, -0.2) is 34.8 Å². The van der Waals surface area contributed by atoms with E-state index < -0.39 is 36.1 Å². The van der Waals surface area contributed by atoms with Gasteiger partial charge in [0.05, 0.1) is 17.2 Å². The molecule has 2 aliphatic heterocycles. The van der Waals surface area contributed by atoms with Gasteiger partial charge in [0.2, 0.25) is 5.91 Å². The quantitative estimate of drug-likeness (QED) is 0.850. The third-order valence-corrected chi connectivity index (χ3v) is 4.54. The number of hydrogen-bond donors (Lipinski definition) is 1. The highest BCUT2D eigenvalue weighted by molar-refractivity contribution is 6.23. The van der Waals surface area contributed by atoms with Gasteiger partial charge < -0.3 is 10.1 Å². The van der Waals surface area contributed by atoms with Gasteiger partial charge in [-0.2, -0.15) is 0 Å². The average Bonchev–Trinajstić information content (AvgIpc) is 2.87. The van der Waals surface area contributed by atoms with Gasteiger partial charge in [-0.15, -0.1) is 0 Å². The van der Waals surface area contributed by atoms with Crippen molar-refractivity contribution in [2.24, 2.45) is 0 Å². The number of benzene rings is 2. The zero-order valence-electron chi connectivity index (χ0n) is 13.5. The highest BCUT2D eigenvalue weighted by Crippen LogP contribution is 2.30. The first-order chi connectivity index (χ1) is 12.1. The molecule has 2 aromatic carbocycles. The van der Waals surface area contributed by atoms with Crippen LogP contribution in [0.5, 0.6) is 0 Å². The number of fused-ring (bicyclic) bond motifs is 1. The standard InChI is InChI=1S/C19H16N2O4/c1-11-15(16(22)20-17(25-11)12-7-3-2-4-8-12)21-18(23)13-9-5-6-10-14(13)19(21)24/h2-11,15,17H,1H3,(H,20,22). The molecule has 0 saturated carbocycles. The lowest BCUT2D eigenvalue weighted by Crippen LogP contribution is -2.60. The van der Waals surface area contributed by atoms with Crippen molar-refractivity contribution in [3.63, 3.8) is 0 Å². The zero-order valence-corrected chi connectivity index (χ0v) is 13.5. The highest BCUT2D eigenvalue weighted by Gasteiger charge is 2.48. The van der Waals surface area contributed by atoms with Crippen LogP contribution in [0, 0.1) is 0 Å². The Morgan fingerprint density at radius 1 is 0.880 bits per heavy atom. The molecule has 0 aromatic heterocycles. The Hall–Kier alpha value is -2.99. The molecule has 126 valence electrons. The molecule has 6 nitrogen and oxygen atoms in total. The molecule has 1 fully saturated rings. The minimum absolute atomic E-state index is 0.317. The molecule has 1 saturated heterocycles. The molecule has 3 atom stereocenters. The number of carbonyl (C=O) groups excluding carboxylic acids is 3. The van der Waals surface area contributed by atoms with Gasteiger partial charge in [-0.1, -0.05) is 42.5 Å². The topological polar surface area (TPSA) is 75.7 Å². The largest absolute Gasteiger partial charge is 0.349 e. The van der Waals surface area contributed by atoms with Crippen LogP contribution in [-0.2, 0) is 9.53 Å². The van der Waals surface area contributed by atoms with E-state index in [9.17, 15) is 14.4 Å². The predicted octanol–water partition coefficient (Wildman–Crippen LogP) is 1.88. The molecule has 1 N–H and O–H groups in total. The lowest BCUT2D eigenvalue weighted by Gasteiger charge is -2.38. The summed E-state index contributed by atoms with van der Waals surface area (Å²) in [7, 11) is 0. The third-order valence-electron chi connectivity index (χ3n) is 4.54. The van der Waals surface area contributed by atoms with Crippen LogP contribution in [0.15, 0.2) is 54.6 Å². The second kappa shape index (κ2) is 5.82. The lowest BCUT2D eigenvalue weighted by molar-refractivity contribution is -0.151. The predicted molar refractivity (Wildman–Crippen MR) is 88.6 cm³/mol. The summed E-state index contributed by atoms with van der Waals surface area (Å²) in [5, 5.41) is 2.75. The molecule has 6 heteroatoms. The van der Waals surface area contributed by atoms with E-state index in [4.69, 9.17) is 4.74 Å². The number of nitrogens with one attached hydrogen (secondary N) is 1. The lowest BCUT2D eigenvalue weighted by atomic mass is 10.1. The summed E-state index contributed by atoms with van der Waals surface area (Å²) >= 11 is 0. The van der Waals surface area contributed by atoms with Crippen LogP contribution in [0.1, 0.15) is 39.4 Å². The summed E-state index contributed by atoms with van der Waals surface area (Å²) < 4.78 is 5.89. The Labute approximate surface area is 144 Å². The maximum absolute atomic E-state index is 12.7. The van der Waals surface area contributed by atoms with Crippen LogP contribution in [0.4, 0.5) is 0 Å². The fraction of sp³-hybridized carbons (Fsp3) is 0.211. The Morgan fingerprint density at radius 3 is 2.00 bits per heavy atom. The summed E-state index contributed by atoms with van der Waals surface area (Å²) in [6, 6.07) is 14.9. The Balaban J connectivity index is 1.62. The molecule has 3 amide bonds. The van der Waals surface area contributed by atoms with E-state index in [2.05, 4.69) is 5.32 Å². The number of imide groups is 1. The van der Waals surface area contributed by atoms with Gasteiger partial charge in [-0.25, -0.2) is 0 Å². The molecule has 0 aliphatic carbocycles. The average molecular weight is 336 g/mol.